The zero-order chi connectivity index (χ0) is 10.0. The molecule has 1 aromatic carbocycles. The summed E-state index contributed by atoms with van der Waals surface area (Å²) in [7, 11) is 0. The summed E-state index contributed by atoms with van der Waals surface area (Å²) in [5.74, 6) is -0.802. The Hall–Kier alpha value is -0.100. The fourth-order valence-electron chi connectivity index (χ4n) is 1.03. The molecular weight excluding hydrogens is 347 g/mol. The Balaban J connectivity index is 3.17. The molecule has 0 radical (unpaired) electrons. The van der Waals surface area contributed by atoms with Crippen LogP contribution < -0.4 is 0 Å². The maximum absolute atomic E-state index is 10.6. The largest absolute Gasteiger partial charge is 0.481 e. The van der Waals surface area contributed by atoms with E-state index in [1.807, 2.05) is 19.1 Å². The summed E-state index contributed by atoms with van der Waals surface area (Å²) in [6.07, 6.45) is 0.0700. The van der Waals surface area contributed by atoms with E-state index in [0.29, 0.717) is 0 Å². The SMILES string of the molecule is Cc1ccc(I)c(CC(=O)O)c1Br. The second kappa shape index (κ2) is 4.41. The van der Waals surface area contributed by atoms with Crippen LogP contribution in [0, 0.1) is 10.5 Å². The second-order valence-electron chi connectivity index (χ2n) is 2.73. The predicted octanol–water partition coefficient (Wildman–Crippen LogP) is 2.99. The third kappa shape index (κ3) is 2.67. The van der Waals surface area contributed by atoms with Crippen molar-refractivity contribution in [1.29, 1.82) is 0 Å². The van der Waals surface area contributed by atoms with E-state index >= 15 is 0 Å². The highest BCUT2D eigenvalue weighted by molar-refractivity contribution is 14.1. The molecule has 0 heterocycles. The molecule has 0 amide bonds. The van der Waals surface area contributed by atoms with Crippen LogP contribution in [0.15, 0.2) is 16.6 Å². The molecule has 0 aromatic heterocycles. The molecule has 4 heteroatoms. The van der Waals surface area contributed by atoms with Gasteiger partial charge in [-0.25, -0.2) is 0 Å². The van der Waals surface area contributed by atoms with E-state index in [4.69, 9.17) is 5.11 Å². The fraction of sp³-hybridized carbons (Fsp3) is 0.222. The molecule has 13 heavy (non-hydrogen) atoms. The summed E-state index contributed by atoms with van der Waals surface area (Å²) in [6, 6.07) is 3.90. The van der Waals surface area contributed by atoms with Gasteiger partial charge in [-0.1, -0.05) is 22.0 Å². The zero-order valence-electron chi connectivity index (χ0n) is 6.97. The highest BCUT2D eigenvalue weighted by Gasteiger charge is 2.10. The van der Waals surface area contributed by atoms with Crippen molar-refractivity contribution in [2.24, 2.45) is 0 Å². The minimum Gasteiger partial charge on any atom is -0.481 e. The molecule has 0 saturated carbocycles. The van der Waals surface area contributed by atoms with E-state index in [1.54, 1.807) is 0 Å². The van der Waals surface area contributed by atoms with E-state index < -0.39 is 5.97 Å². The van der Waals surface area contributed by atoms with Gasteiger partial charge in [-0.15, -0.1) is 0 Å². The summed E-state index contributed by atoms with van der Waals surface area (Å²) in [6.45, 7) is 1.95. The van der Waals surface area contributed by atoms with E-state index in [2.05, 4.69) is 38.5 Å². The molecule has 0 bridgehead atoms. The third-order valence-corrected chi connectivity index (χ3v) is 3.82. The number of hydrogen-bond donors (Lipinski definition) is 1. The molecule has 1 rings (SSSR count). The summed E-state index contributed by atoms with van der Waals surface area (Å²) in [5, 5.41) is 8.68. The lowest BCUT2D eigenvalue weighted by Crippen LogP contribution is -2.03. The molecule has 1 N–H and O–H groups in total. The van der Waals surface area contributed by atoms with Crippen LogP contribution in [-0.2, 0) is 11.2 Å². The molecule has 0 spiro atoms. The number of hydrogen-bond acceptors (Lipinski definition) is 1. The first kappa shape index (κ1) is 11.0. The minimum atomic E-state index is -0.802. The summed E-state index contributed by atoms with van der Waals surface area (Å²) in [5.41, 5.74) is 1.92. The van der Waals surface area contributed by atoms with Crippen molar-refractivity contribution in [3.05, 3.63) is 31.3 Å². The predicted molar refractivity (Wildman–Crippen MR) is 62.9 cm³/mol. The van der Waals surface area contributed by atoms with Crippen LogP contribution in [0.3, 0.4) is 0 Å². The fourth-order valence-corrected chi connectivity index (χ4v) is 2.52. The second-order valence-corrected chi connectivity index (χ2v) is 4.68. The first-order valence-electron chi connectivity index (χ1n) is 3.67. The average Bonchev–Trinajstić information content (AvgIpc) is 2.05. The van der Waals surface area contributed by atoms with E-state index in [-0.39, 0.29) is 6.42 Å². The maximum Gasteiger partial charge on any atom is 0.307 e. The minimum absolute atomic E-state index is 0.0700. The van der Waals surface area contributed by atoms with Crippen molar-refractivity contribution < 1.29 is 9.90 Å². The number of carboxylic acid groups (broad SMARTS) is 1. The Kier molecular flexibility index (Phi) is 3.73. The van der Waals surface area contributed by atoms with Crippen molar-refractivity contribution in [3.63, 3.8) is 0 Å². The first-order chi connectivity index (χ1) is 6.02. The van der Waals surface area contributed by atoms with Gasteiger partial charge in [0.05, 0.1) is 6.42 Å². The lowest BCUT2D eigenvalue weighted by Gasteiger charge is -2.07. The van der Waals surface area contributed by atoms with Crippen molar-refractivity contribution in [2.45, 2.75) is 13.3 Å². The van der Waals surface area contributed by atoms with Gasteiger partial charge in [0, 0.05) is 8.04 Å². The van der Waals surface area contributed by atoms with Crippen LogP contribution in [-0.4, -0.2) is 11.1 Å². The van der Waals surface area contributed by atoms with Crippen molar-refractivity contribution >= 4 is 44.5 Å². The quantitative estimate of drug-likeness (QED) is 0.829. The van der Waals surface area contributed by atoms with Gasteiger partial charge >= 0.3 is 5.97 Å². The molecule has 1 aromatic rings. The lowest BCUT2D eigenvalue weighted by atomic mass is 10.1. The standard InChI is InChI=1S/C9H8BrIO2/c1-5-2-3-7(11)6(9(5)10)4-8(12)13/h2-3H,4H2,1H3,(H,12,13). The van der Waals surface area contributed by atoms with Gasteiger partial charge < -0.3 is 5.11 Å². The number of carbonyl (C=O) groups is 1. The van der Waals surface area contributed by atoms with E-state index in [0.717, 1.165) is 19.2 Å². The first-order valence-corrected chi connectivity index (χ1v) is 5.55. The van der Waals surface area contributed by atoms with Crippen molar-refractivity contribution in [3.8, 4) is 0 Å². The molecule has 0 aliphatic heterocycles. The van der Waals surface area contributed by atoms with Crippen LogP contribution in [0.1, 0.15) is 11.1 Å². The average molecular weight is 355 g/mol. The Morgan fingerprint density at radius 2 is 2.23 bits per heavy atom. The van der Waals surface area contributed by atoms with Gasteiger partial charge in [-0.2, -0.15) is 0 Å². The van der Waals surface area contributed by atoms with E-state index in [1.165, 1.54) is 0 Å². The Morgan fingerprint density at radius 3 is 2.77 bits per heavy atom. The topological polar surface area (TPSA) is 37.3 Å². The molecule has 0 unspecified atom stereocenters. The van der Waals surface area contributed by atoms with Crippen molar-refractivity contribution in [2.75, 3.05) is 0 Å². The van der Waals surface area contributed by atoms with Crippen LogP contribution in [0.4, 0.5) is 0 Å². The molecular formula is C9H8BrIO2. The summed E-state index contributed by atoms with van der Waals surface area (Å²) in [4.78, 5) is 10.6. The summed E-state index contributed by atoms with van der Waals surface area (Å²) >= 11 is 5.53. The number of aryl methyl sites for hydroxylation is 1. The molecule has 2 nitrogen and oxygen atoms in total. The van der Waals surface area contributed by atoms with Crippen LogP contribution >= 0.6 is 38.5 Å². The molecule has 0 aliphatic carbocycles. The molecule has 70 valence electrons. The third-order valence-electron chi connectivity index (χ3n) is 1.71. The van der Waals surface area contributed by atoms with Crippen LogP contribution in [0.5, 0.6) is 0 Å². The van der Waals surface area contributed by atoms with Crippen LogP contribution in [0.25, 0.3) is 0 Å². The number of halogens is 2. The van der Waals surface area contributed by atoms with Crippen molar-refractivity contribution in [1.82, 2.24) is 0 Å². The smallest absolute Gasteiger partial charge is 0.307 e. The molecule has 0 fully saturated rings. The number of rotatable bonds is 2. The maximum atomic E-state index is 10.6. The highest BCUT2D eigenvalue weighted by atomic mass is 127. The monoisotopic (exact) mass is 354 g/mol. The van der Waals surface area contributed by atoms with Crippen LogP contribution in [0.2, 0.25) is 0 Å². The Bertz CT molecular complexity index is 350. The lowest BCUT2D eigenvalue weighted by molar-refractivity contribution is -0.136. The normalized spacial score (nSPS) is 10.1. The van der Waals surface area contributed by atoms with Gasteiger partial charge in [-0.05, 0) is 46.7 Å². The number of aliphatic carboxylic acids is 1. The van der Waals surface area contributed by atoms with E-state index in [9.17, 15) is 4.79 Å². The molecule has 0 atom stereocenters. The molecule has 0 aliphatic rings. The Labute approximate surface area is 98.6 Å². The highest BCUT2D eigenvalue weighted by Crippen LogP contribution is 2.26. The zero-order valence-corrected chi connectivity index (χ0v) is 10.7. The van der Waals surface area contributed by atoms with Gasteiger partial charge in [0.1, 0.15) is 0 Å². The van der Waals surface area contributed by atoms with Gasteiger partial charge in [-0.3, -0.25) is 4.79 Å². The van der Waals surface area contributed by atoms with Gasteiger partial charge in [0.25, 0.3) is 0 Å². The number of carboxylic acids is 1. The molecule has 0 saturated heterocycles. The van der Waals surface area contributed by atoms with Gasteiger partial charge in [0.2, 0.25) is 0 Å². The number of benzene rings is 1. The van der Waals surface area contributed by atoms with Gasteiger partial charge in [0.15, 0.2) is 0 Å². The Morgan fingerprint density at radius 1 is 1.62 bits per heavy atom. The summed E-state index contributed by atoms with van der Waals surface area (Å²) < 4.78 is 1.89.